The van der Waals surface area contributed by atoms with Crippen LogP contribution in [0.4, 0.5) is 0 Å². The van der Waals surface area contributed by atoms with E-state index >= 15 is 0 Å². The molecular formula is C11H23NO3S. The van der Waals surface area contributed by atoms with Gasteiger partial charge >= 0.3 is 5.97 Å². The zero-order chi connectivity index (χ0) is 11.9. The van der Waals surface area contributed by atoms with E-state index in [0.717, 1.165) is 29.7 Å². The van der Waals surface area contributed by atoms with Gasteiger partial charge in [0.15, 0.2) is 0 Å². The van der Waals surface area contributed by atoms with E-state index in [2.05, 4.69) is 33.3 Å². The quantitative estimate of drug-likeness (QED) is 0.320. The van der Waals surface area contributed by atoms with E-state index in [4.69, 9.17) is 4.74 Å². The van der Waals surface area contributed by atoms with Crippen LogP contribution in [0.1, 0.15) is 13.3 Å². The summed E-state index contributed by atoms with van der Waals surface area (Å²) in [6, 6.07) is 0. The molecule has 5 heteroatoms. The summed E-state index contributed by atoms with van der Waals surface area (Å²) >= 11 is 4.18. The topological polar surface area (TPSA) is 56.3 Å². The summed E-state index contributed by atoms with van der Waals surface area (Å²) in [5.74, 6) is 0.594. The predicted molar refractivity (Wildman–Crippen MR) is 68.0 cm³/mol. The van der Waals surface area contributed by atoms with E-state index in [1.807, 2.05) is 0 Å². The Kier molecular flexibility index (Phi) is 9.61. The summed E-state index contributed by atoms with van der Waals surface area (Å²) in [6.07, 6.45) is 1.07. The van der Waals surface area contributed by atoms with Gasteiger partial charge in [-0.05, 0) is 12.7 Å². The first-order valence-corrected chi connectivity index (χ1v) is 5.78. The maximum Gasteiger partial charge on any atom is 0.333 e. The van der Waals surface area contributed by atoms with E-state index in [1.54, 1.807) is 6.92 Å². The van der Waals surface area contributed by atoms with Gasteiger partial charge in [-0.2, -0.15) is 12.6 Å². The molecule has 1 N–H and O–H groups in total. The highest BCUT2D eigenvalue weighted by atomic mass is 32.1. The average Bonchev–Trinajstić information content (AvgIpc) is 2.14. The minimum Gasteiger partial charge on any atom is -0.870 e. The van der Waals surface area contributed by atoms with Crippen molar-refractivity contribution in [3.05, 3.63) is 12.2 Å². The van der Waals surface area contributed by atoms with E-state index in [-0.39, 0.29) is 11.4 Å². The molecule has 0 spiro atoms. The van der Waals surface area contributed by atoms with E-state index in [0.29, 0.717) is 12.2 Å². The second-order valence-electron chi connectivity index (χ2n) is 4.38. The normalized spacial score (nSPS) is 10.5. The number of hydrogen-bond acceptors (Lipinski definition) is 4. The van der Waals surface area contributed by atoms with Gasteiger partial charge in [0, 0.05) is 12.0 Å². The summed E-state index contributed by atoms with van der Waals surface area (Å²) in [5, 5.41) is 0. The molecule has 0 fully saturated rings. The van der Waals surface area contributed by atoms with Gasteiger partial charge in [0.2, 0.25) is 0 Å². The number of esters is 1. The van der Waals surface area contributed by atoms with Crippen LogP contribution in [0.25, 0.3) is 0 Å². The number of nitrogens with zero attached hydrogens (tertiary/aromatic N) is 1. The standard InChI is InChI=1S/C11H21NO2S.H2O/c1-10(2)11(13)14-8-7-12(3,4)6-5-9-15;/h1,5-9H2,2-4H3;1H2. The Bertz CT molecular complexity index is 229. The first kappa shape index (κ1) is 17.9. The lowest BCUT2D eigenvalue weighted by atomic mass is 10.3. The van der Waals surface area contributed by atoms with E-state index < -0.39 is 0 Å². The van der Waals surface area contributed by atoms with Crippen LogP contribution in [0.5, 0.6) is 0 Å². The second kappa shape index (κ2) is 8.61. The Labute approximate surface area is 104 Å². The van der Waals surface area contributed by atoms with E-state index in [9.17, 15) is 4.79 Å². The highest BCUT2D eigenvalue weighted by Gasteiger charge is 2.15. The minimum atomic E-state index is -0.302. The zero-order valence-corrected chi connectivity index (χ0v) is 11.3. The molecule has 96 valence electrons. The minimum absolute atomic E-state index is 0. The first-order valence-electron chi connectivity index (χ1n) is 5.14. The maximum absolute atomic E-state index is 11.1. The van der Waals surface area contributed by atoms with Crippen LogP contribution in [-0.2, 0) is 9.53 Å². The lowest BCUT2D eigenvalue weighted by Crippen LogP contribution is -2.43. The fourth-order valence-corrected chi connectivity index (χ4v) is 1.26. The number of hydrogen-bond donors (Lipinski definition) is 1. The first-order chi connectivity index (χ1) is 6.89. The third-order valence-corrected chi connectivity index (χ3v) is 2.52. The summed E-state index contributed by atoms with van der Waals surface area (Å²) < 4.78 is 5.90. The molecule has 4 nitrogen and oxygen atoms in total. The van der Waals surface area contributed by atoms with Crippen molar-refractivity contribution in [2.24, 2.45) is 0 Å². The summed E-state index contributed by atoms with van der Waals surface area (Å²) in [4.78, 5) is 11.1. The van der Waals surface area contributed by atoms with Gasteiger partial charge < -0.3 is 14.7 Å². The van der Waals surface area contributed by atoms with Gasteiger partial charge in [-0.3, -0.25) is 0 Å². The molecule has 0 radical (unpaired) electrons. The third kappa shape index (κ3) is 8.76. The Morgan fingerprint density at radius 3 is 2.38 bits per heavy atom. The molecule has 0 bridgehead atoms. The number of carbonyl (C=O) groups excluding carboxylic acids is 1. The largest absolute Gasteiger partial charge is 0.870 e. The van der Waals surface area contributed by atoms with Gasteiger partial charge in [0.1, 0.15) is 13.2 Å². The Hall–Kier alpha value is -0.520. The molecule has 0 atom stereocenters. The third-order valence-electron chi connectivity index (χ3n) is 2.20. The number of rotatable bonds is 7. The second-order valence-corrected chi connectivity index (χ2v) is 4.82. The van der Waals surface area contributed by atoms with Crippen LogP contribution in [0.3, 0.4) is 0 Å². The van der Waals surface area contributed by atoms with Crippen molar-refractivity contribution >= 4 is 18.6 Å². The SMILES string of the molecule is C=C(C)C(=O)OCC[N+](C)(C)CCCS.[OH-]. The van der Waals surface area contributed by atoms with Crippen molar-refractivity contribution < 1.29 is 19.5 Å². The highest BCUT2D eigenvalue weighted by molar-refractivity contribution is 7.80. The molecule has 0 aliphatic rings. The van der Waals surface area contributed by atoms with Crippen molar-refractivity contribution in [2.45, 2.75) is 13.3 Å². The molecular weight excluding hydrogens is 226 g/mol. The molecule has 0 aliphatic heterocycles. The Morgan fingerprint density at radius 1 is 1.38 bits per heavy atom. The molecule has 16 heavy (non-hydrogen) atoms. The maximum atomic E-state index is 11.1. The molecule has 0 heterocycles. The van der Waals surface area contributed by atoms with Crippen molar-refractivity contribution in [1.82, 2.24) is 0 Å². The predicted octanol–water partition coefficient (Wildman–Crippen LogP) is 1.33. The monoisotopic (exact) mass is 249 g/mol. The van der Waals surface area contributed by atoms with Crippen LogP contribution in [0.2, 0.25) is 0 Å². The fourth-order valence-electron chi connectivity index (χ4n) is 1.12. The van der Waals surface area contributed by atoms with E-state index in [1.165, 1.54) is 0 Å². The number of likely N-dealkylation sites (N-methyl/N-ethyl adjacent to an activating group) is 1. The van der Waals surface area contributed by atoms with Gasteiger partial charge in [-0.1, -0.05) is 6.58 Å². The van der Waals surface area contributed by atoms with Gasteiger partial charge in [-0.25, -0.2) is 4.79 Å². The summed E-state index contributed by atoms with van der Waals surface area (Å²) in [5.41, 5.74) is 0.454. The summed E-state index contributed by atoms with van der Waals surface area (Å²) in [7, 11) is 4.25. The molecule has 0 aromatic heterocycles. The lowest BCUT2D eigenvalue weighted by Gasteiger charge is -2.29. The Balaban J connectivity index is 0. The smallest absolute Gasteiger partial charge is 0.333 e. The molecule has 0 unspecified atom stereocenters. The van der Waals surface area contributed by atoms with Crippen LogP contribution >= 0.6 is 12.6 Å². The Morgan fingerprint density at radius 2 is 1.94 bits per heavy atom. The lowest BCUT2D eigenvalue weighted by molar-refractivity contribution is -0.890. The number of carbonyl (C=O) groups is 1. The van der Waals surface area contributed by atoms with Gasteiger partial charge in [-0.15, -0.1) is 0 Å². The molecule has 0 amide bonds. The number of thiol groups is 1. The number of ether oxygens (including phenoxy) is 1. The van der Waals surface area contributed by atoms with Crippen molar-refractivity contribution in [3.63, 3.8) is 0 Å². The molecule has 0 aromatic rings. The number of quaternary nitrogens is 1. The van der Waals surface area contributed by atoms with Crippen LogP contribution in [0.15, 0.2) is 12.2 Å². The van der Waals surface area contributed by atoms with Crippen LogP contribution < -0.4 is 0 Å². The molecule has 0 rings (SSSR count). The van der Waals surface area contributed by atoms with Crippen molar-refractivity contribution in [1.29, 1.82) is 0 Å². The molecule has 0 aliphatic carbocycles. The highest BCUT2D eigenvalue weighted by Crippen LogP contribution is 2.01. The summed E-state index contributed by atoms with van der Waals surface area (Å²) in [6.45, 7) is 7.51. The van der Waals surface area contributed by atoms with Crippen molar-refractivity contribution in [3.8, 4) is 0 Å². The zero-order valence-electron chi connectivity index (χ0n) is 10.4. The van der Waals surface area contributed by atoms with Gasteiger partial charge in [0.25, 0.3) is 0 Å². The van der Waals surface area contributed by atoms with Crippen LogP contribution in [-0.4, -0.2) is 55.5 Å². The molecule has 0 aromatic carbocycles. The van der Waals surface area contributed by atoms with Crippen molar-refractivity contribution in [2.75, 3.05) is 39.5 Å². The van der Waals surface area contributed by atoms with Crippen LogP contribution in [0, 0.1) is 0 Å². The van der Waals surface area contributed by atoms with Gasteiger partial charge in [0.05, 0.1) is 20.6 Å². The molecule has 0 saturated carbocycles. The fraction of sp³-hybridized carbons (Fsp3) is 0.727. The molecule has 0 saturated heterocycles. The average molecular weight is 249 g/mol.